The number of benzene rings is 2. The lowest BCUT2D eigenvalue weighted by Crippen LogP contribution is -2.36. The van der Waals surface area contributed by atoms with Gasteiger partial charge in [-0.25, -0.2) is 0 Å². The fourth-order valence-electron chi connectivity index (χ4n) is 2.69. The third kappa shape index (κ3) is 5.13. The van der Waals surface area contributed by atoms with Gasteiger partial charge in [-0.2, -0.15) is 0 Å². The summed E-state index contributed by atoms with van der Waals surface area (Å²) in [5, 5.41) is 8.02. The van der Waals surface area contributed by atoms with E-state index in [4.69, 9.17) is 9.15 Å². The maximum atomic E-state index is 12.8. The summed E-state index contributed by atoms with van der Waals surface area (Å²) in [5.74, 6) is 1.12. The molecule has 0 bridgehead atoms. The first-order valence-corrected chi connectivity index (χ1v) is 9.99. The first-order chi connectivity index (χ1) is 13.6. The van der Waals surface area contributed by atoms with Crippen molar-refractivity contribution in [2.45, 2.75) is 37.9 Å². The van der Waals surface area contributed by atoms with Crippen molar-refractivity contribution >= 4 is 23.4 Å². The lowest BCUT2D eigenvalue weighted by molar-refractivity contribution is -0.117. The summed E-state index contributed by atoms with van der Waals surface area (Å²) >= 11 is 1.25. The van der Waals surface area contributed by atoms with Gasteiger partial charge in [-0.15, -0.1) is 10.2 Å². The molecule has 0 fully saturated rings. The highest BCUT2D eigenvalue weighted by Gasteiger charge is 2.24. The van der Waals surface area contributed by atoms with Crippen LogP contribution >= 0.6 is 11.8 Å². The molecule has 146 valence electrons. The fourth-order valence-corrected chi connectivity index (χ4v) is 3.45. The van der Waals surface area contributed by atoms with Crippen LogP contribution in [0.15, 0.2) is 64.2 Å². The maximum Gasteiger partial charge on any atom is 0.277 e. The van der Waals surface area contributed by atoms with Gasteiger partial charge in [-0.3, -0.25) is 4.79 Å². The zero-order chi connectivity index (χ0) is 19.9. The van der Waals surface area contributed by atoms with Gasteiger partial charge in [-0.05, 0) is 50.6 Å². The Morgan fingerprint density at radius 2 is 1.96 bits per heavy atom. The number of carbonyl (C=O) groups is 1. The normalized spacial score (nSPS) is 11.8. The van der Waals surface area contributed by atoms with Crippen LogP contribution in [0.3, 0.4) is 0 Å². The summed E-state index contributed by atoms with van der Waals surface area (Å²) in [6.45, 7) is 6.57. The maximum absolute atomic E-state index is 12.8. The summed E-state index contributed by atoms with van der Waals surface area (Å²) in [6, 6.07) is 17.4. The first kappa shape index (κ1) is 19.9. The molecular weight excluding hydrogens is 374 g/mol. The highest BCUT2D eigenvalue weighted by Crippen LogP contribution is 2.25. The summed E-state index contributed by atoms with van der Waals surface area (Å²) in [7, 11) is 0. The van der Waals surface area contributed by atoms with E-state index < -0.39 is 0 Å². The molecule has 0 spiro atoms. The van der Waals surface area contributed by atoms with Gasteiger partial charge in [-0.1, -0.05) is 42.1 Å². The minimum absolute atomic E-state index is 0.00513. The molecule has 28 heavy (non-hydrogen) atoms. The molecule has 2 aromatic carbocycles. The van der Waals surface area contributed by atoms with Crippen LogP contribution in [0.5, 0.6) is 5.75 Å². The Morgan fingerprint density at radius 1 is 1.18 bits per heavy atom. The predicted molar refractivity (Wildman–Crippen MR) is 110 cm³/mol. The molecule has 0 aliphatic heterocycles. The molecule has 1 unspecified atom stereocenters. The molecule has 1 amide bonds. The van der Waals surface area contributed by atoms with E-state index in [1.54, 1.807) is 4.90 Å². The topological polar surface area (TPSA) is 68.5 Å². The number of rotatable bonds is 8. The average molecular weight is 398 g/mol. The second-order valence-electron chi connectivity index (χ2n) is 6.25. The molecule has 0 aliphatic carbocycles. The highest BCUT2D eigenvalue weighted by atomic mass is 32.2. The van der Waals surface area contributed by atoms with E-state index in [2.05, 4.69) is 10.2 Å². The van der Waals surface area contributed by atoms with Crippen LogP contribution < -0.4 is 9.64 Å². The molecular formula is C21H23N3O3S. The van der Waals surface area contributed by atoms with E-state index in [1.165, 1.54) is 11.8 Å². The lowest BCUT2D eigenvalue weighted by Gasteiger charge is -2.23. The van der Waals surface area contributed by atoms with Gasteiger partial charge in [0.25, 0.3) is 11.1 Å². The second-order valence-corrected chi connectivity index (χ2v) is 7.54. The fraction of sp³-hybridized carbons (Fsp3) is 0.286. The molecule has 1 atom stereocenters. The zero-order valence-electron chi connectivity index (χ0n) is 16.2. The molecule has 3 rings (SSSR count). The molecule has 0 aliphatic rings. The molecule has 0 saturated carbocycles. The zero-order valence-corrected chi connectivity index (χ0v) is 17.0. The number of carbonyl (C=O) groups excluding carboxylic acids is 1. The molecule has 0 radical (unpaired) electrons. The van der Waals surface area contributed by atoms with E-state index in [1.807, 2.05) is 75.4 Å². The molecule has 1 heterocycles. The van der Waals surface area contributed by atoms with Crippen LogP contribution in [-0.2, 0) is 11.4 Å². The Labute approximate surface area is 168 Å². The lowest BCUT2D eigenvalue weighted by atomic mass is 10.2. The van der Waals surface area contributed by atoms with Crippen molar-refractivity contribution < 1.29 is 13.9 Å². The Kier molecular flexibility index (Phi) is 6.71. The predicted octanol–water partition coefficient (Wildman–Crippen LogP) is 4.49. The molecule has 1 aromatic heterocycles. The van der Waals surface area contributed by atoms with Gasteiger partial charge < -0.3 is 14.1 Å². The minimum Gasteiger partial charge on any atom is -0.484 e. The molecule has 6 nitrogen and oxygen atoms in total. The highest BCUT2D eigenvalue weighted by molar-refractivity contribution is 8.00. The Hall–Kier alpha value is -2.80. The molecule has 0 saturated heterocycles. The van der Waals surface area contributed by atoms with Crippen LogP contribution in [0, 0.1) is 6.92 Å². The number of para-hydroxylation sites is 1. The summed E-state index contributed by atoms with van der Waals surface area (Å²) < 4.78 is 11.3. The number of aromatic nitrogens is 2. The number of aryl methyl sites for hydroxylation is 1. The van der Waals surface area contributed by atoms with Gasteiger partial charge in [0, 0.05) is 12.2 Å². The van der Waals surface area contributed by atoms with Crippen molar-refractivity contribution in [3.63, 3.8) is 0 Å². The van der Waals surface area contributed by atoms with Crippen molar-refractivity contribution in [2.75, 3.05) is 11.4 Å². The molecule has 3 aromatic rings. The number of hydrogen-bond donors (Lipinski definition) is 0. The van der Waals surface area contributed by atoms with Gasteiger partial charge in [0.1, 0.15) is 5.75 Å². The molecule has 0 N–H and O–H groups in total. The van der Waals surface area contributed by atoms with Gasteiger partial charge in [0.15, 0.2) is 6.61 Å². The third-order valence-corrected chi connectivity index (χ3v) is 5.00. The monoisotopic (exact) mass is 397 g/mol. The van der Waals surface area contributed by atoms with Crippen LogP contribution in [0.4, 0.5) is 5.69 Å². The summed E-state index contributed by atoms with van der Waals surface area (Å²) in [6.07, 6.45) is 0. The van der Waals surface area contributed by atoms with Crippen LogP contribution in [0.1, 0.15) is 25.3 Å². The number of hydrogen-bond acceptors (Lipinski definition) is 6. The number of amides is 1. The van der Waals surface area contributed by atoms with E-state index in [0.717, 1.165) is 17.0 Å². The number of anilines is 1. The molecule has 7 heteroatoms. The van der Waals surface area contributed by atoms with E-state index >= 15 is 0 Å². The van der Waals surface area contributed by atoms with E-state index in [-0.39, 0.29) is 17.8 Å². The Morgan fingerprint density at radius 3 is 2.68 bits per heavy atom. The number of ether oxygens (including phenoxy) is 1. The quantitative estimate of drug-likeness (QED) is 0.522. The minimum atomic E-state index is -0.355. The van der Waals surface area contributed by atoms with Crippen molar-refractivity contribution in [1.29, 1.82) is 0 Å². The van der Waals surface area contributed by atoms with Crippen LogP contribution in [0.2, 0.25) is 0 Å². The summed E-state index contributed by atoms with van der Waals surface area (Å²) in [5.41, 5.74) is 1.99. The second kappa shape index (κ2) is 9.41. The van der Waals surface area contributed by atoms with Gasteiger partial charge >= 0.3 is 0 Å². The van der Waals surface area contributed by atoms with E-state index in [9.17, 15) is 4.79 Å². The number of nitrogens with zero attached hydrogens (tertiary/aromatic N) is 3. The Bertz CT molecular complexity index is 914. The van der Waals surface area contributed by atoms with Crippen LogP contribution in [-0.4, -0.2) is 27.9 Å². The smallest absolute Gasteiger partial charge is 0.277 e. The average Bonchev–Trinajstić information content (AvgIpc) is 3.15. The van der Waals surface area contributed by atoms with Gasteiger partial charge in [0.2, 0.25) is 5.91 Å². The largest absolute Gasteiger partial charge is 0.484 e. The van der Waals surface area contributed by atoms with Crippen molar-refractivity contribution in [3.8, 4) is 5.75 Å². The van der Waals surface area contributed by atoms with Crippen molar-refractivity contribution in [1.82, 2.24) is 10.2 Å². The van der Waals surface area contributed by atoms with Gasteiger partial charge in [0.05, 0.1) is 5.25 Å². The van der Waals surface area contributed by atoms with Crippen LogP contribution in [0.25, 0.3) is 0 Å². The van der Waals surface area contributed by atoms with Crippen molar-refractivity contribution in [2.24, 2.45) is 0 Å². The third-order valence-electron chi connectivity index (χ3n) is 4.08. The standard InChI is InChI=1S/C21H23N3O3S/c1-4-24(17-10-6-5-7-11-17)20(25)16(3)28-21-23-22-19(27-21)14-26-18-12-8-9-15(2)13-18/h5-13,16H,4,14H2,1-3H3. The first-order valence-electron chi connectivity index (χ1n) is 9.11. The van der Waals surface area contributed by atoms with Crippen molar-refractivity contribution in [3.05, 3.63) is 66.1 Å². The summed E-state index contributed by atoms with van der Waals surface area (Å²) in [4.78, 5) is 14.6. The Balaban J connectivity index is 1.58. The van der Waals surface area contributed by atoms with E-state index in [0.29, 0.717) is 17.7 Å². The SMILES string of the molecule is CCN(C(=O)C(C)Sc1nnc(COc2cccc(C)c2)o1)c1ccccc1. The number of thioether (sulfide) groups is 1.